The maximum absolute atomic E-state index is 4.82. The number of thiophene rings is 3. The summed E-state index contributed by atoms with van der Waals surface area (Å²) < 4.78 is 7.71. The van der Waals surface area contributed by atoms with Crippen molar-refractivity contribution in [2.45, 2.75) is 0 Å². The molecule has 0 aliphatic rings. The highest BCUT2D eigenvalue weighted by molar-refractivity contribution is 7.26. The lowest BCUT2D eigenvalue weighted by atomic mass is 10.0. The van der Waals surface area contributed by atoms with Gasteiger partial charge in [-0.1, -0.05) is 66.7 Å². The molecule has 0 saturated heterocycles. The van der Waals surface area contributed by atoms with Crippen LogP contribution in [0.5, 0.6) is 0 Å². The Morgan fingerprint density at radius 1 is 0.409 bits per heavy atom. The van der Waals surface area contributed by atoms with E-state index in [4.69, 9.17) is 4.98 Å². The summed E-state index contributed by atoms with van der Waals surface area (Å²) in [4.78, 5) is 7.25. The van der Waals surface area contributed by atoms with Gasteiger partial charge in [0.25, 0.3) is 0 Å². The lowest BCUT2D eigenvalue weighted by Crippen LogP contribution is -2.10. The molecule has 0 atom stereocenters. The molecule has 4 heterocycles. The van der Waals surface area contributed by atoms with Gasteiger partial charge in [-0.25, -0.2) is 0 Å². The van der Waals surface area contributed by atoms with Crippen LogP contribution >= 0.6 is 34.0 Å². The summed E-state index contributed by atoms with van der Waals surface area (Å²) in [6.45, 7) is 0. The molecule has 0 bridgehead atoms. The standard InChI is InChI=1S/C39H22N2S3/c1-2-8-24-18-36-31(17-23(24)7-1)39-32(21-40-22-38(39)44-36)41(25-14-16-35-30(19-25)28-10-4-6-12-34(28)42-35)26-13-15-29-27-9-3-5-11-33(27)43-37(29)20-26/h1-22H. The van der Waals surface area contributed by atoms with Gasteiger partial charge in [-0.05, 0) is 65.4 Å². The molecule has 0 aliphatic carbocycles. The molecule has 0 saturated carbocycles. The Kier molecular flexibility index (Phi) is 5.23. The molecule has 0 unspecified atom stereocenters. The first-order chi connectivity index (χ1) is 21.8. The number of fused-ring (bicyclic) bond motifs is 10. The monoisotopic (exact) mass is 614 g/mol. The number of hydrogen-bond acceptors (Lipinski definition) is 5. The molecule has 0 fully saturated rings. The molecule has 5 heteroatoms. The van der Waals surface area contributed by atoms with Gasteiger partial charge in [0.1, 0.15) is 0 Å². The number of aromatic nitrogens is 1. The van der Waals surface area contributed by atoms with Crippen LogP contribution in [-0.4, -0.2) is 4.98 Å². The Labute approximate surface area is 264 Å². The summed E-state index contributed by atoms with van der Waals surface area (Å²) >= 11 is 5.54. The van der Waals surface area contributed by atoms with Crippen molar-refractivity contribution in [3.8, 4) is 0 Å². The van der Waals surface area contributed by atoms with Crippen molar-refractivity contribution in [2.75, 3.05) is 4.90 Å². The van der Waals surface area contributed by atoms with Crippen LogP contribution in [0.3, 0.4) is 0 Å². The third-order valence-corrected chi connectivity index (χ3v) is 12.1. The molecule has 44 heavy (non-hydrogen) atoms. The molecule has 0 N–H and O–H groups in total. The van der Waals surface area contributed by atoms with Crippen molar-refractivity contribution in [3.05, 3.63) is 134 Å². The van der Waals surface area contributed by atoms with Gasteiger partial charge in [0.15, 0.2) is 0 Å². The van der Waals surface area contributed by atoms with Crippen LogP contribution in [0.15, 0.2) is 134 Å². The molecule has 0 amide bonds. The SMILES string of the molecule is c1ccc2cc3c(cc2c1)sc1cncc(N(c2ccc4c(c2)sc2ccccc24)c2ccc4sc5ccccc5c4c2)c13. The maximum atomic E-state index is 4.82. The summed E-state index contributed by atoms with van der Waals surface area (Å²) in [5.41, 5.74) is 3.37. The van der Waals surface area contributed by atoms with Crippen molar-refractivity contribution < 1.29 is 0 Å². The summed E-state index contributed by atoms with van der Waals surface area (Å²) in [7, 11) is 0. The van der Waals surface area contributed by atoms with E-state index < -0.39 is 0 Å². The van der Waals surface area contributed by atoms with E-state index in [0.29, 0.717) is 0 Å². The van der Waals surface area contributed by atoms with Gasteiger partial charge in [0, 0.05) is 73.4 Å². The van der Waals surface area contributed by atoms with Crippen LogP contribution in [0.1, 0.15) is 0 Å². The van der Waals surface area contributed by atoms with E-state index in [1.165, 1.54) is 71.3 Å². The first-order valence-electron chi connectivity index (χ1n) is 14.6. The van der Waals surface area contributed by atoms with Gasteiger partial charge in [0.05, 0.1) is 16.6 Å². The second kappa shape index (κ2) is 9.34. The molecule has 0 aliphatic heterocycles. The van der Waals surface area contributed by atoms with Crippen molar-refractivity contribution in [1.29, 1.82) is 0 Å². The maximum Gasteiger partial charge on any atom is 0.0738 e. The largest absolute Gasteiger partial charge is 0.308 e. The molecule has 2 nitrogen and oxygen atoms in total. The predicted molar refractivity (Wildman–Crippen MR) is 195 cm³/mol. The normalized spacial score (nSPS) is 12.1. The summed E-state index contributed by atoms with van der Waals surface area (Å²) in [6, 6.07) is 44.6. The summed E-state index contributed by atoms with van der Waals surface area (Å²) in [6.07, 6.45) is 4.08. The molecule has 10 rings (SSSR count). The van der Waals surface area contributed by atoms with E-state index in [0.717, 1.165) is 17.1 Å². The van der Waals surface area contributed by atoms with Gasteiger partial charge in [-0.3, -0.25) is 4.98 Å². The quantitative estimate of drug-likeness (QED) is 0.197. The second-order valence-corrected chi connectivity index (χ2v) is 14.5. The van der Waals surface area contributed by atoms with E-state index in [1.54, 1.807) is 0 Å². The number of hydrogen-bond donors (Lipinski definition) is 0. The van der Waals surface area contributed by atoms with E-state index in [2.05, 4.69) is 132 Å². The molecule has 6 aromatic carbocycles. The van der Waals surface area contributed by atoms with Gasteiger partial charge in [-0.15, -0.1) is 34.0 Å². The number of rotatable bonds is 3. The van der Waals surface area contributed by atoms with E-state index in [-0.39, 0.29) is 0 Å². The Hall–Kier alpha value is -4.81. The Morgan fingerprint density at radius 2 is 1.00 bits per heavy atom. The third kappa shape index (κ3) is 3.61. The fourth-order valence-electron chi connectivity index (χ4n) is 6.70. The van der Waals surface area contributed by atoms with Crippen LogP contribution in [-0.2, 0) is 0 Å². The fraction of sp³-hybridized carbons (Fsp3) is 0. The molecular weight excluding hydrogens is 593 g/mol. The average molecular weight is 615 g/mol. The lowest BCUT2D eigenvalue weighted by Gasteiger charge is -2.26. The highest BCUT2D eigenvalue weighted by Crippen LogP contribution is 2.47. The zero-order valence-electron chi connectivity index (χ0n) is 23.3. The van der Waals surface area contributed by atoms with Crippen LogP contribution in [0.25, 0.3) is 71.3 Å². The van der Waals surface area contributed by atoms with Gasteiger partial charge >= 0.3 is 0 Å². The Balaban J connectivity index is 1.29. The highest BCUT2D eigenvalue weighted by Gasteiger charge is 2.21. The van der Waals surface area contributed by atoms with E-state index in [9.17, 15) is 0 Å². The van der Waals surface area contributed by atoms with Gasteiger partial charge < -0.3 is 4.90 Å². The van der Waals surface area contributed by atoms with Crippen molar-refractivity contribution in [1.82, 2.24) is 4.98 Å². The second-order valence-electron chi connectivity index (χ2n) is 11.2. The first kappa shape index (κ1) is 24.6. The first-order valence-corrected chi connectivity index (χ1v) is 17.1. The van der Waals surface area contributed by atoms with Crippen molar-refractivity contribution in [2.24, 2.45) is 0 Å². The number of anilines is 3. The van der Waals surface area contributed by atoms with Gasteiger partial charge in [-0.2, -0.15) is 0 Å². The Morgan fingerprint density at radius 3 is 1.84 bits per heavy atom. The van der Waals surface area contributed by atoms with E-state index in [1.807, 2.05) is 40.2 Å². The van der Waals surface area contributed by atoms with Crippen LogP contribution in [0, 0.1) is 0 Å². The molecule has 0 spiro atoms. The predicted octanol–water partition coefficient (Wildman–Crippen LogP) is 12.8. The molecular formula is C39H22N2S3. The molecule has 4 aromatic heterocycles. The number of pyridine rings is 1. The minimum Gasteiger partial charge on any atom is -0.308 e. The smallest absolute Gasteiger partial charge is 0.0738 e. The van der Waals surface area contributed by atoms with Crippen LogP contribution < -0.4 is 4.90 Å². The zero-order chi connectivity index (χ0) is 28.8. The number of benzene rings is 6. The average Bonchev–Trinajstić information content (AvgIpc) is 3.74. The molecule has 0 radical (unpaired) electrons. The van der Waals surface area contributed by atoms with Crippen LogP contribution in [0.2, 0.25) is 0 Å². The minimum atomic E-state index is 1.10. The van der Waals surface area contributed by atoms with E-state index >= 15 is 0 Å². The topological polar surface area (TPSA) is 16.1 Å². The summed E-state index contributed by atoms with van der Waals surface area (Å²) in [5.74, 6) is 0. The highest BCUT2D eigenvalue weighted by atomic mass is 32.1. The lowest BCUT2D eigenvalue weighted by molar-refractivity contribution is 1.27. The summed E-state index contributed by atoms with van der Waals surface area (Å²) in [5, 5.41) is 10.3. The zero-order valence-corrected chi connectivity index (χ0v) is 25.8. The molecule has 206 valence electrons. The minimum absolute atomic E-state index is 1.10. The third-order valence-electron chi connectivity index (χ3n) is 8.71. The van der Waals surface area contributed by atoms with Crippen molar-refractivity contribution in [3.63, 3.8) is 0 Å². The Bertz CT molecular complexity index is 2750. The number of nitrogens with zero attached hydrogens (tertiary/aromatic N) is 2. The van der Waals surface area contributed by atoms with Crippen molar-refractivity contribution >= 4 is 122 Å². The fourth-order valence-corrected chi connectivity index (χ4v) is 10.0. The molecule has 10 aromatic rings. The van der Waals surface area contributed by atoms with Gasteiger partial charge in [0.2, 0.25) is 0 Å². The van der Waals surface area contributed by atoms with Crippen LogP contribution in [0.4, 0.5) is 17.1 Å².